The molecule has 1 amide bonds. The molecule has 0 unspecified atom stereocenters. The molecule has 0 radical (unpaired) electrons. The number of benzene rings is 2. The number of hydrogen-bond donors (Lipinski definition) is 0. The lowest BCUT2D eigenvalue weighted by atomic mass is 10.1. The molecule has 3 heterocycles. The van der Waals surface area contributed by atoms with Crippen molar-refractivity contribution in [2.45, 2.75) is 13.5 Å². The number of carbonyl (C=O) groups excluding carboxylic acids is 1. The first kappa shape index (κ1) is 20.9. The molecule has 1 aliphatic heterocycles. The van der Waals surface area contributed by atoms with Gasteiger partial charge in [-0.2, -0.15) is 5.10 Å². The Hall–Kier alpha value is -4.00. The number of anilines is 1. The lowest BCUT2D eigenvalue weighted by molar-refractivity contribution is -0.132. The van der Waals surface area contributed by atoms with Crippen molar-refractivity contribution in [2.24, 2.45) is 0 Å². The molecule has 0 aliphatic carbocycles. The fraction of sp³-hybridized carbons (Fsp3) is 0.231. The Morgan fingerprint density at radius 2 is 1.58 bits per heavy atom. The van der Waals surface area contributed by atoms with E-state index in [1.165, 1.54) is 5.56 Å². The normalized spacial score (nSPS) is 13.8. The van der Waals surface area contributed by atoms with Gasteiger partial charge in [-0.05, 0) is 30.7 Å². The fourth-order valence-electron chi connectivity index (χ4n) is 4.16. The minimum atomic E-state index is 0.0692. The molecule has 0 spiro atoms. The summed E-state index contributed by atoms with van der Waals surface area (Å²) in [6.45, 7) is 5.00. The van der Waals surface area contributed by atoms with E-state index in [-0.39, 0.29) is 12.5 Å². The van der Waals surface area contributed by atoms with Crippen LogP contribution in [0.25, 0.3) is 22.5 Å². The molecule has 166 valence electrons. The summed E-state index contributed by atoms with van der Waals surface area (Å²) in [4.78, 5) is 25.9. The van der Waals surface area contributed by atoms with Crippen molar-refractivity contribution in [3.63, 3.8) is 0 Å². The first-order valence-electron chi connectivity index (χ1n) is 11.2. The molecule has 0 bridgehead atoms. The second-order valence-corrected chi connectivity index (χ2v) is 8.22. The molecule has 4 aromatic rings. The van der Waals surface area contributed by atoms with Crippen LogP contribution in [0.3, 0.4) is 0 Å². The van der Waals surface area contributed by atoms with Crippen LogP contribution < -0.4 is 4.90 Å². The summed E-state index contributed by atoms with van der Waals surface area (Å²) < 4.78 is 1.84. The van der Waals surface area contributed by atoms with Gasteiger partial charge in [0.1, 0.15) is 6.54 Å². The van der Waals surface area contributed by atoms with E-state index in [0.717, 1.165) is 35.6 Å². The zero-order valence-electron chi connectivity index (χ0n) is 18.6. The maximum atomic E-state index is 13.2. The molecule has 7 nitrogen and oxygen atoms in total. The van der Waals surface area contributed by atoms with Crippen molar-refractivity contribution in [3.8, 4) is 22.5 Å². The number of rotatable bonds is 5. The van der Waals surface area contributed by atoms with Gasteiger partial charge in [0.15, 0.2) is 0 Å². The van der Waals surface area contributed by atoms with Crippen LogP contribution in [0.15, 0.2) is 79.1 Å². The number of aryl methyl sites for hydroxylation is 1. The third-order valence-electron chi connectivity index (χ3n) is 5.92. The van der Waals surface area contributed by atoms with Gasteiger partial charge in [0.2, 0.25) is 11.9 Å². The number of nitrogens with zero attached hydrogens (tertiary/aromatic N) is 6. The Labute approximate surface area is 193 Å². The number of aromatic nitrogens is 4. The number of carbonyl (C=O) groups is 1. The molecule has 1 saturated heterocycles. The van der Waals surface area contributed by atoms with Gasteiger partial charge in [0, 0.05) is 44.1 Å². The van der Waals surface area contributed by atoms with E-state index < -0.39 is 0 Å². The zero-order valence-corrected chi connectivity index (χ0v) is 18.6. The molecule has 7 heteroatoms. The third-order valence-corrected chi connectivity index (χ3v) is 5.92. The maximum Gasteiger partial charge on any atom is 0.244 e. The van der Waals surface area contributed by atoms with Gasteiger partial charge >= 0.3 is 0 Å². The predicted octanol–water partition coefficient (Wildman–Crippen LogP) is 3.66. The monoisotopic (exact) mass is 438 g/mol. The smallest absolute Gasteiger partial charge is 0.244 e. The molecule has 0 atom stereocenters. The standard InChI is InChI=1S/C26H26N6O/c1-20-7-5-10-22(17-20)23-18-24(21-8-3-2-4-9-21)32(29-23)19-25(33)30-13-15-31(16-14-30)26-27-11-6-12-28-26/h2-12,17-18H,13-16,19H2,1H3. The lowest BCUT2D eigenvalue weighted by Gasteiger charge is -2.34. The molecule has 33 heavy (non-hydrogen) atoms. The number of piperazine rings is 1. The highest BCUT2D eigenvalue weighted by Gasteiger charge is 2.24. The topological polar surface area (TPSA) is 67.2 Å². The average Bonchev–Trinajstić information content (AvgIpc) is 3.29. The largest absolute Gasteiger partial charge is 0.338 e. The fourth-order valence-corrected chi connectivity index (χ4v) is 4.16. The second kappa shape index (κ2) is 9.24. The molecule has 1 aliphatic rings. The summed E-state index contributed by atoms with van der Waals surface area (Å²) >= 11 is 0. The average molecular weight is 439 g/mol. The van der Waals surface area contributed by atoms with E-state index >= 15 is 0 Å². The second-order valence-electron chi connectivity index (χ2n) is 8.22. The number of hydrogen-bond acceptors (Lipinski definition) is 5. The van der Waals surface area contributed by atoms with E-state index in [4.69, 9.17) is 5.10 Å². The van der Waals surface area contributed by atoms with Gasteiger partial charge in [-0.1, -0.05) is 54.1 Å². The highest BCUT2D eigenvalue weighted by atomic mass is 16.2. The van der Waals surface area contributed by atoms with Crippen LogP contribution in [-0.4, -0.2) is 56.7 Å². The van der Waals surface area contributed by atoms with E-state index in [9.17, 15) is 4.79 Å². The highest BCUT2D eigenvalue weighted by Crippen LogP contribution is 2.27. The van der Waals surface area contributed by atoms with Crippen molar-refractivity contribution in [1.82, 2.24) is 24.6 Å². The van der Waals surface area contributed by atoms with Gasteiger partial charge in [0.25, 0.3) is 0 Å². The van der Waals surface area contributed by atoms with Crippen molar-refractivity contribution in [3.05, 3.63) is 84.7 Å². The quantitative estimate of drug-likeness (QED) is 0.476. The van der Waals surface area contributed by atoms with E-state index in [2.05, 4.69) is 58.2 Å². The van der Waals surface area contributed by atoms with E-state index in [1.807, 2.05) is 39.9 Å². The highest BCUT2D eigenvalue weighted by molar-refractivity contribution is 5.78. The molecule has 2 aromatic carbocycles. The summed E-state index contributed by atoms with van der Waals surface area (Å²) in [6, 6.07) is 22.3. The summed E-state index contributed by atoms with van der Waals surface area (Å²) in [7, 11) is 0. The Balaban J connectivity index is 1.35. The summed E-state index contributed by atoms with van der Waals surface area (Å²) in [6.07, 6.45) is 3.49. The minimum Gasteiger partial charge on any atom is -0.338 e. The summed E-state index contributed by atoms with van der Waals surface area (Å²) in [5.74, 6) is 0.783. The van der Waals surface area contributed by atoms with Crippen molar-refractivity contribution in [2.75, 3.05) is 31.1 Å². The third kappa shape index (κ3) is 4.62. The van der Waals surface area contributed by atoms with Crippen molar-refractivity contribution >= 4 is 11.9 Å². The summed E-state index contributed by atoms with van der Waals surface area (Å²) in [5, 5.41) is 4.83. The van der Waals surface area contributed by atoms with Crippen LogP contribution in [0.5, 0.6) is 0 Å². The lowest BCUT2D eigenvalue weighted by Crippen LogP contribution is -2.50. The van der Waals surface area contributed by atoms with Crippen molar-refractivity contribution in [1.29, 1.82) is 0 Å². The Morgan fingerprint density at radius 1 is 0.848 bits per heavy atom. The number of amides is 1. The minimum absolute atomic E-state index is 0.0692. The molecule has 0 saturated carbocycles. The Kier molecular flexibility index (Phi) is 5.85. The van der Waals surface area contributed by atoms with Gasteiger partial charge in [-0.15, -0.1) is 0 Å². The molecule has 0 N–H and O–H groups in total. The predicted molar refractivity (Wildman–Crippen MR) is 129 cm³/mol. The Morgan fingerprint density at radius 3 is 2.30 bits per heavy atom. The van der Waals surface area contributed by atoms with Crippen LogP contribution in [0.1, 0.15) is 5.56 Å². The molecule has 1 fully saturated rings. The molecular weight excluding hydrogens is 412 g/mol. The van der Waals surface area contributed by atoms with Crippen LogP contribution in [0.2, 0.25) is 0 Å². The van der Waals surface area contributed by atoms with Crippen LogP contribution in [0, 0.1) is 6.92 Å². The van der Waals surface area contributed by atoms with Crippen LogP contribution in [-0.2, 0) is 11.3 Å². The van der Waals surface area contributed by atoms with Gasteiger partial charge < -0.3 is 9.80 Å². The van der Waals surface area contributed by atoms with Crippen LogP contribution >= 0.6 is 0 Å². The van der Waals surface area contributed by atoms with E-state index in [1.54, 1.807) is 12.4 Å². The van der Waals surface area contributed by atoms with Gasteiger partial charge in [-0.25, -0.2) is 9.97 Å². The maximum absolute atomic E-state index is 13.2. The molecule has 5 rings (SSSR count). The zero-order chi connectivity index (χ0) is 22.6. The summed E-state index contributed by atoms with van der Waals surface area (Å²) in [5.41, 5.74) is 5.09. The molecule has 2 aromatic heterocycles. The van der Waals surface area contributed by atoms with Crippen LogP contribution in [0.4, 0.5) is 5.95 Å². The molecular formula is C26H26N6O. The van der Waals surface area contributed by atoms with Crippen molar-refractivity contribution < 1.29 is 4.79 Å². The van der Waals surface area contributed by atoms with Gasteiger partial charge in [0.05, 0.1) is 11.4 Å². The Bertz CT molecular complexity index is 1230. The first-order chi connectivity index (χ1) is 16.2. The first-order valence-corrected chi connectivity index (χ1v) is 11.2. The van der Waals surface area contributed by atoms with E-state index in [0.29, 0.717) is 19.0 Å². The van der Waals surface area contributed by atoms with Gasteiger partial charge in [-0.3, -0.25) is 9.48 Å². The SMILES string of the molecule is Cc1cccc(-c2cc(-c3ccccc3)n(CC(=O)N3CCN(c4ncccn4)CC3)n2)c1.